The number of carboxylic acids is 1. The SMILES string of the molecule is COc1ccc(CCN2C(=O)C[C@@H](Nc3cc(C(=O)O)ccc3C)C2=O)cc1OC. The highest BCUT2D eigenvalue weighted by Crippen LogP contribution is 2.28. The number of nitrogens with zero attached hydrogens (tertiary/aromatic N) is 1. The van der Waals surface area contributed by atoms with E-state index in [1.165, 1.54) is 17.0 Å². The molecule has 8 heteroatoms. The van der Waals surface area contributed by atoms with Gasteiger partial charge in [0.1, 0.15) is 6.04 Å². The first-order valence-corrected chi connectivity index (χ1v) is 9.49. The van der Waals surface area contributed by atoms with Gasteiger partial charge >= 0.3 is 5.97 Å². The minimum Gasteiger partial charge on any atom is -0.493 e. The second kappa shape index (κ2) is 8.86. The van der Waals surface area contributed by atoms with E-state index in [2.05, 4.69) is 5.32 Å². The molecule has 3 rings (SSSR count). The van der Waals surface area contributed by atoms with Gasteiger partial charge in [-0.15, -0.1) is 0 Å². The second-order valence-corrected chi connectivity index (χ2v) is 7.06. The number of amides is 2. The maximum Gasteiger partial charge on any atom is 0.335 e. The summed E-state index contributed by atoms with van der Waals surface area (Å²) in [5.41, 5.74) is 2.35. The number of anilines is 1. The van der Waals surface area contributed by atoms with Gasteiger partial charge in [0.05, 0.1) is 26.2 Å². The number of carboxylic acid groups (broad SMARTS) is 1. The van der Waals surface area contributed by atoms with Crippen LogP contribution in [0.15, 0.2) is 36.4 Å². The fourth-order valence-electron chi connectivity index (χ4n) is 3.41. The average molecular weight is 412 g/mol. The van der Waals surface area contributed by atoms with Crippen molar-refractivity contribution in [2.75, 3.05) is 26.1 Å². The van der Waals surface area contributed by atoms with Gasteiger partial charge in [-0.25, -0.2) is 4.79 Å². The first kappa shape index (κ1) is 21.2. The molecule has 1 aliphatic rings. The lowest BCUT2D eigenvalue weighted by Crippen LogP contribution is -2.36. The number of carbonyl (C=O) groups is 3. The minimum absolute atomic E-state index is 0.0293. The van der Waals surface area contributed by atoms with Crippen molar-refractivity contribution < 1.29 is 29.0 Å². The average Bonchev–Trinajstić information content (AvgIpc) is 3.00. The smallest absolute Gasteiger partial charge is 0.335 e. The van der Waals surface area contributed by atoms with Gasteiger partial charge in [0.15, 0.2) is 11.5 Å². The van der Waals surface area contributed by atoms with E-state index in [0.29, 0.717) is 23.6 Å². The van der Waals surface area contributed by atoms with Crippen LogP contribution in [-0.4, -0.2) is 54.6 Å². The van der Waals surface area contributed by atoms with Crippen LogP contribution in [0.3, 0.4) is 0 Å². The number of imide groups is 1. The van der Waals surface area contributed by atoms with Crippen molar-refractivity contribution in [1.29, 1.82) is 0 Å². The fourth-order valence-corrected chi connectivity index (χ4v) is 3.41. The third kappa shape index (κ3) is 4.37. The molecule has 1 fully saturated rings. The normalized spacial score (nSPS) is 16.0. The molecule has 2 aromatic carbocycles. The summed E-state index contributed by atoms with van der Waals surface area (Å²) in [6, 6.07) is 9.39. The zero-order chi connectivity index (χ0) is 21.8. The van der Waals surface area contributed by atoms with Crippen LogP contribution in [0.25, 0.3) is 0 Å². The van der Waals surface area contributed by atoms with Gasteiger partial charge in [0.2, 0.25) is 5.91 Å². The molecule has 1 heterocycles. The Bertz CT molecular complexity index is 988. The lowest BCUT2D eigenvalue weighted by Gasteiger charge is -2.17. The van der Waals surface area contributed by atoms with Crippen molar-refractivity contribution in [2.45, 2.75) is 25.8 Å². The summed E-state index contributed by atoms with van der Waals surface area (Å²) in [4.78, 5) is 37.6. The number of hydrogen-bond donors (Lipinski definition) is 2. The van der Waals surface area contributed by atoms with E-state index < -0.39 is 12.0 Å². The molecule has 0 radical (unpaired) electrons. The van der Waals surface area contributed by atoms with Crippen LogP contribution in [0.4, 0.5) is 5.69 Å². The van der Waals surface area contributed by atoms with Gasteiger partial charge in [-0.3, -0.25) is 14.5 Å². The number of methoxy groups -OCH3 is 2. The molecule has 8 nitrogen and oxygen atoms in total. The molecule has 2 N–H and O–H groups in total. The van der Waals surface area contributed by atoms with E-state index in [1.54, 1.807) is 26.4 Å². The lowest BCUT2D eigenvalue weighted by atomic mass is 10.1. The minimum atomic E-state index is -1.05. The van der Waals surface area contributed by atoms with E-state index in [1.807, 2.05) is 19.1 Å². The number of benzene rings is 2. The number of aromatic carboxylic acids is 1. The second-order valence-electron chi connectivity index (χ2n) is 7.06. The molecular weight excluding hydrogens is 388 g/mol. The monoisotopic (exact) mass is 412 g/mol. The van der Waals surface area contributed by atoms with Gasteiger partial charge in [0.25, 0.3) is 5.91 Å². The highest BCUT2D eigenvalue weighted by molar-refractivity contribution is 6.07. The quantitative estimate of drug-likeness (QED) is 0.642. The molecule has 1 atom stereocenters. The van der Waals surface area contributed by atoms with Crippen molar-refractivity contribution >= 4 is 23.5 Å². The number of nitrogens with one attached hydrogen (secondary N) is 1. The van der Waals surface area contributed by atoms with Crippen LogP contribution in [-0.2, 0) is 16.0 Å². The maximum atomic E-state index is 12.8. The third-order valence-corrected chi connectivity index (χ3v) is 5.13. The Kier molecular flexibility index (Phi) is 6.25. The summed E-state index contributed by atoms with van der Waals surface area (Å²) >= 11 is 0. The summed E-state index contributed by atoms with van der Waals surface area (Å²) in [7, 11) is 3.10. The zero-order valence-electron chi connectivity index (χ0n) is 17.1. The van der Waals surface area contributed by atoms with E-state index in [0.717, 1.165) is 11.1 Å². The molecule has 1 saturated heterocycles. The van der Waals surface area contributed by atoms with Crippen molar-refractivity contribution in [3.63, 3.8) is 0 Å². The highest BCUT2D eigenvalue weighted by Gasteiger charge is 2.38. The molecule has 2 aromatic rings. The van der Waals surface area contributed by atoms with Gasteiger partial charge in [-0.2, -0.15) is 0 Å². The van der Waals surface area contributed by atoms with Crippen molar-refractivity contribution in [1.82, 2.24) is 4.90 Å². The molecule has 0 aromatic heterocycles. The molecule has 30 heavy (non-hydrogen) atoms. The number of rotatable bonds is 8. The summed E-state index contributed by atoms with van der Waals surface area (Å²) < 4.78 is 10.5. The van der Waals surface area contributed by atoms with Crippen LogP contribution < -0.4 is 14.8 Å². The van der Waals surface area contributed by atoms with Gasteiger partial charge in [-0.05, 0) is 48.7 Å². The molecule has 0 spiro atoms. The fraction of sp³-hybridized carbons (Fsp3) is 0.318. The molecular formula is C22H24N2O6. The van der Waals surface area contributed by atoms with Crippen molar-refractivity contribution in [2.24, 2.45) is 0 Å². The Labute approximate surface area is 174 Å². The third-order valence-electron chi connectivity index (χ3n) is 5.13. The topological polar surface area (TPSA) is 105 Å². The van der Waals surface area contributed by atoms with Gasteiger partial charge < -0.3 is 19.9 Å². The van der Waals surface area contributed by atoms with E-state index in [4.69, 9.17) is 9.47 Å². The van der Waals surface area contributed by atoms with Crippen LogP contribution in [0.2, 0.25) is 0 Å². The highest BCUT2D eigenvalue weighted by atomic mass is 16.5. The Morgan fingerprint density at radius 2 is 1.87 bits per heavy atom. The van der Waals surface area contributed by atoms with Crippen molar-refractivity contribution in [3.8, 4) is 11.5 Å². The summed E-state index contributed by atoms with van der Waals surface area (Å²) in [5, 5.41) is 12.2. The van der Waals surface area contributed by atoms with E-state index in [-0.39, 0.29) is 30.3 Å². The zero-order valence-corrected chi connectivity index (χ0v) is 17.1. The van der Waals surface area contributed by atoms with Crippen LogP contribution in [0.5, 0.6) is 11.5 Å². The Morgan fingerprint density at radius 3 is 2.53 bits per heavy atom. The molecule has 0 aliphatic carbocycles. The number of carbonyl (C=O) groups excluding carboxylic acids is 2. The van der Waals surface area contributed by atoms with Gasteiger partial charge in [-0.1, -0.05) is 12.1 Å². The van der Waals surface area contributed by atoms with Crippen molar-refractivity contribution in [3.05, 3.63) is 53.1 Å². The number of likely N-dealkylation sites (tertiary alicyclic amines) is 1. The van der Waals surface area contributed by atoms with Gasteiger partial charge in [0, 0.05) is 12.2 Å². The first-order valence-electron chi connectivity index (χ1n) is 9.49. The Morgan fingerprint density at radius 1 is 1.13 bits per heavy atom. The van der Waals surface area contributed by atoms with Crippen LogP contribution in [0.1, 0.15) is 27.9 Å². The molecule has 0 saturated carbocycles. The summed E-state index contributed by atoms with van der Waals surface area (Å²) in [6.07, 6.45) is 0.513. The maximum absolute atomic E-state index is 12.8. The number of aryl methyl sites for hydroxylation is 1. The molecule has 0 unspecified atom stereocenters. The van der Waals surface area contributed by atoms with Crippen LogP contribution >= 0.6 is 0 Å². The number of ether oxygens (including phenoxy) is 2. The predicted molar refractivity (Wildman–Crippen MR) is 110 cm³/mol. The lowest BCUT2D eigenvalue weighted by molar-refractivity contribution is -0.138. The van der Waals surface area contributed by atoms with E-state index >= 15 is 0 Å². The Hall–Kier alpha value is -3.55. The summed E-state index contributed by atoms with van der Waals surface area (Å²) in [5.74, 6) is -0.436. The standard InChI is InChI=1S/C22H24N2O6/c1-13-4-6-15(22(27)28)11-16(13)23-17-12-20(25)24(21(17)26)9-8-14-5-7-18(29-2)19(10-14)30-3/h4-7,10-11,17,23H,8-9,12H2,1-3H3,(H,27,28)/t17-/m1/s1. The molecule has 1 aliphatic heterocycles. The Balaban J connectivity index is 1.68. The van der Waals surface area contributed by atoms with E-state index in [9.17, 15) is 19.5 Å². The predicted octanol–water partition coefficient (Wildman–Crippen LogP) is 2.49. The largest absolute Gasteiger partial charge is 0.493 e. The number of hydrogen-bond acceptors (Lipinski definition) is 6. The summed E-state index contributed by atoms with van der Waals surface area (Å²) in [6.45, 7) is 2.06. The van der Waals surface area contributed by atoms with Crippen LogP contribution in [0, 0.1) is 6.92 Å². The first-order chi connectivity index (χ1) is 14.3. The molecule has 0 bridgehead atoms. The molecule has 2 amide bonds. The molecule has 158 valence electrons.